The second-order valence-electron chi connectivity index (χ2n) is 7.50. The van der Waals surface area contributed by atoms with E-state index < -0.39 is 23.1 Å². The molecule has 6 nitrogen and oxygen atoms in total. The Kier molecular flexibility index (Phi) is 5.30. The van der Waals surface area contributed by atoms with Crippen molar-refractivity contribution in [2.45, 2.75) is 26.8 Å². The van der Waals surface area contributed by atoms with Crippen molar-refractivity contribution in [1.82, 2.24) is 4.98 Å². The summed E-state index contributed by atoms with van der Waals surface area (Å²) in [6.07, 6.45) is 1.56. The zero-order valence-corrected chi connectivity index (χ0v) is 17.6. The molecule has 1 unspecified atom stereocenters. The second kappa shape index (κ2) is 7.39. The number of ketones is 1. The number of benzene rings is 1. The molecular formula is C21H21BrN2O4. The third-order valence-corrected chi connectivity index (χ3v) is 5.00. The monoisotopic (exact) mass is 444 g/mol. The SMILES string of the molecule is COc1ccccc1C1C(C(=O)C(C)(C)C)=C(O)C(=O)N1c1ccc(Br)cn1. The van der Waals surface area contributed by atoms with E-state index in [-0.39, 0.29) is 11.4 Å². The summed E-state index contributed by atoms with van der Waals surface area (Å²) >= 11 is 3.33. The summed E-state index contributed by atoms with van der Waals surface area (Å²) in [6, 6.07) is 9.68. The predicted octanol–water partition coefficient (Wildman–Crippen LogP) is 4.37. The quantitative estimate of drug-likeness (QED) is 0.756. The molecule has 3 rings (SSSR count). The highest BCUT2D eigenvalue weighted by atomic mass is 79.9. The van der Waals surface area contributed by atoms with Gasteiger partial charge >= 0.3 is 0 Å². The van der Waals surface area contributed by atoms with Gasteiger partial charge in [0.15, 0.2) is 11.5 Å². The van der Waals surface area contributed by atoms with Crippen molar-refractivity contribution < 1.29 is 19.4 Å². The molecule has 1 aliphatic rings. The number of anilines is 1. The van der Waals surface area contributed by atoms with Gasteiger partial charge < -0.3 is 9.84 Å². The fourth-order valence-electron chi connectivity index (χ4n) is 3.17. The van der Waals surface area contributed by atoms with E-state index in [4.69, 9.17) is 4.74 Å². The molecule has 1 aromatic heterocycles. The van der Waals surface area contributed by atoms with Gasteiger partial charge in [0.25, 0.3) is 5.91 Å². The summed E-state index contributed by atoms with van der Waals surface area (Å²) in [4.78, 5) is 31.8. The molecule has 0 bridgehead atoms. The molecule has 7 heteroatoms. The van der Waals surface area contributed by atoms with Gasteiger partial charge in [-0.15, -0.1) is 0 Å². The molecule has 28 heavy (non-hydrogen) atoms. The molecule has 0 fully saturated rings. The molecule has 0 saturated heterocycles. The lowest BCUT2D eigenvalue weighted by Crippen LogP contribution is -2.33. The maximum absolute atomic E-state index is 13.2. The molecule has 1 aromatic carbocycles. The van der Waals surface area contributed by atoms with Crippen molar-refractivity contribution in [2.24, 2.45) is 5.41 Å². The highest BCUT2D eigenvalue weighted by molar-refractivity contribution is 9.10. The van der Waals surface area contributed by atoms with Crippen LogP contribution in [0.2, 0.25) is 0 Å². The lowest BCUT2D eigenvalue weighted by atomic mass is 9.82. The van der Waals surface area contributed by atoms with Gasteiger partial charge in [-0.25, -0.2) is 4.98 Å². The van der Waals surface area contributed by atoms with Crippen LogP contribution in [0.3, 0.4) is 0 Å². The Morgan fingerprint density at radius 2 is 1.89 bits per heavy atom. The Labute approximate surface area is 172 Å². The highest BCUT2D eigenvalue weighted by Crippen LogP contribution is 2.45. The van der Waals surface area contributed by atoms with Crippen molar-refractivity contribution >= 4 is 33.4 Å². The number of aliphatic hydroxyl groups is 1. The number of hydrogen-bond acceptors (Lipinski definition) is 5. The van der Waals surface area contributed by atoms with E-state index in [1.807, 2.05) is 0 Å². The van der Waals surface area contributed by atoms with E-state index in [9.17, 15) is 14.7 Å². The van der Waals surface area contributed by atoms with E-state index in [1.54, 1.807) is 63.4 Å². The fourth-order valence-corrected chi connectivity index (χ4v) is 3.41. The van der Waals surface area contributed by atoms with E-state index >= 15 is 0 Å². The van der Waals surface area contributed by atoms with E-state index in [0.717, 1.165) is 4.47 Å². The third kappa shape index (κ3) is 3.42. The smallest absolute Gasteiger partial charge is 0.295 e. The van der Waals surface area contributed by atoms with Crippen molar-refractivity contribution in [3.8, 4) is 5.75 Å². The largest absolute Gasteiger partial charge is 0.503 e. The number of carbonyl (C=O) groups is 2. The number of amides is 1. The zero-order valence-electron chi connectivity index (χ0n) is 16.1. The summed E-state index contributed by atoms with van der Waals surface area (Å²) in [5.74, 6) is -0.698. The molecule has 0 spiro atoms. The number of aliphatic hydroxyl groups excluding tert-OH is 1. The van der Waals surface area contributed by atoms with Crippen LogP contribution in [0, 0.1) is 5.41 Å². The molecule has 1 atom stereocenters. The topological polar surface area (TPSA) is 79.7 Å². The Morgan fingerprint density at radius 3 is 2.46 bits per heavy atom. The number of ether oxygens (including phenoxy) is 1. The minimum absolute atomic E-state index is 0.0479. The number of aromatic nitrogens is 1. The Bertz CT molecular complexity index is 961. The van der Waals surface area contributed by atoms with Crippen molar-refractivity contribution in [3.05, 3.63) is 64.0 Å². The van der Waals surface area contributed by atoms with Crippen molar-refractivity contribution in [3.63, 3.8) is 0 Å². The first-order valence-electron chi connectivity index (χ1n) is 8.72. The van der Waals surface area contributed by atoms with Crippen LogP contribution in [0.1, 0.15) is 32.4 Å². The first kappa shape index (κ1) is 20.1. The molecule has 1 aliphatic heterocycles. The van der Waals surface area contributed by atoms with Crippen LogP contribution in [-0.4, -0.2) is 28.9 Å². The minimum atomic E-state index is -0.843. The number of nitrogens with zero attached hydrogens (tertiary/aromatic N) is 2. The third-order valence-electron chi connectivity index (χ3n) is 4.53. The predicted molar refractivity (Wildman–Crippen MR) is 109 cm³/mol. The maximum atomic E-state index is 13.2. The number of halogens is 1. The van der Waals surface area contributed by atoms with Crippen LogP contribution in [0.15, 0.2) is 58.4 Å². The van der Waals surface area contributed by atoms with Crippen LogP contribution in [-0.2, 0) is 9.59 Å². The summed E-state index contributed by atoms with van der Waals surface area (Å²) < 4.78 is 6.21. The van der Waals surface area contributed by atoms with Crippen LogP contribution in [0.25, 0.3) is 0 Å². The van der Waals surface area contributed by atoms with E-state index in [0.29, 0.717) is 17.1 Å². The van der Waals surface area contributed by atoms with Gasteiger partial charge in [0.1, 0.15) is 17.6 Å². The molecule has 0 aliphatic carbocycles. The van der Waals surface area contributed by atoms with Crippen molar-refractivity contribution in [1.29, 1.82) is 0 Å². The molecule has 146 valence electrons. The number of rotatable bonds is 4. The molecule has 1 N–H and O–H groups in total. The summed E-state index contributed by atoms with van der Waals surface area (Å²) in [5, 5.41) is 10.7. The average molecular weight is 445 g/mol. The standard InChI is InChI=1S/C21H21BrN2O4/c1-21(2,3)19(26)16-17(13-7-5-6-8-14(13)28-4)24(20(27)18(16)25)15-10-9-12(22)11-23-15/h5-11,17,25H,1-4H3. The van der Waals surface area contributed by atoms with Crippen LogP contribution >= 0.6 is 15.9 Å². The lowest BCUT2D eigenvalue weighted by Gasteiger charge is -2.29. The van der Waals surface area contributed by atoms with Crippen LogP contribution in [0.5, 0.6) is 5.75 Å². The molecule has 2 heterocycles. The number of Topliss-reactive ketones (excluding diaryl/α,β-unsaturated/α-hetero) is 1. The molecule has 0 saturated carbocycles. The van der Waals surface area contributed by atoms with Crippen LogP contribution < -0.4 is 9.64 Å². The van der Waals surface area contributed by atoms with Gasteiger partial charge in [0.2, 0.25) is 0 Å². The molecule has 2 aromatic rings. The van der Waals surface area contributed by atoms with Gasteiger partial charge in [0, 0.05) is 21.6 Å². The fraction of sp³-hybridized carbons (Fsp3) is 0.286. The van der Waals surface area contributed by atoms with E-state index in [2.05, 4.69) is 20.9 Å². The Balaban J connectivity index is 2.25. The summed E-state index contributed by atoms with van der Waals surface area (Å²) in [6.45, 7) is 5.25. The first-order valence-corrected chi connectivity index (χ1v) is 9.52. The normalized spacial score (nSPS) is 17.2. The number of para-hydroxylation sites is 1. The number of carbonyl (C=O) groups excluding carboxylic acids is 2. The van der Waals surface area contributed by atoms with Gasteiger partial charge in [-0.2, -0.15) is 0 Å². The van der Waals surface area contributed by atoms with E-state index in [1.165, 1.54) is 12.0 Å². The average Bonchev–Trinajstić information content (AvgIpc) is 2.92. The van der Waals surface area contributed by atoms with Crippen LogP contribution in [0.4, 0.5) is 5.82 Å². The summed E-state index contributed by atoms with van der Waals surface area (Å²) in [5.41, 5.74) is -0.140. The van der Waals surface area contributed by atoms with Crippen molar-refractivity contribution in [2.75, 3.05) is 12.0 Å². The van der Waals surface area contributed by atoms with Gasteiger partial charge in [-0.3, -0.25) is 14.5 Å². The number of pyridine rings is 1. The highest BCUT2D eigenvalue weighted by Gasteiger charge is 2.48. The number of methoxy groups -OCH3 is 1. The minimum Gasteiger partial charge on any atom is -0.503 e. The van der Waals surface area contributed by atoms with Gasteiger partial charge in [-0.05, 0) is 34.1 Å². The van der Waals surface area contributed by atoms with Gasteiger partial charge in [-0.1, -0.05) is 39.0 Å². The molecule has 1 amide bonds. The number of hydrogen-bond donors (Lipinski definition) is 1. The maximum Gasteiger partial charge on any atom is 0.295 e. The zero-order chi connectivity index (χ0) is 20.6. The van der Waals surface area contributed by atoms with Gasteiger partial charge in [0.05, 0.1) is 12.7 Å². The molecule has 0 radical (unpaired) electrons. The lowest BCUT2D eigenvalue weighted by molar-refractivity contribution is -0.123. The second-order valence-corrected chi connectivity index (χ2v) is 8.41. The first-order chi connectivity index (χ1) is 13.2. The summed E-state index contributed by atoms with van der Waals surface area (Å²) in [7, 11) is 1.52. The Hall–Kier alpha value is -2.67. The molecular weight excluding hydrogens is 424 g/mol. The Morgan fingerprint density at radius 1 is 1.21 bits per heavy atom.